The van der Waals surface area contributed by atoms with Crippen LogP contribution in [-0.2, 0) is 14.8 Å². The van der Waals surface area contributed by atoms with Crippen molar-refractivity contribution in [2.45, 2.75) is 25.7 Å². The largest absolute Gasteiger partial charge is 0.294 e. The molecule has 0 atom stereocenters. The highest BCUT2D eigenvalue weighted by molar-refractivity contribution is 7.92. The van der Waals surface area contributed by atoms with Gasteiger partial charge in [0.05, 0.1) is 21.7 Å². The molecule has 0 spiro atoms. The van der Waals surface area contributed by atoms with Gasteiger partial charge in [-0.3, -0.25) is 14.8 Å². The van der Waals surface area contributed by atoms with Crippen LogP contribution in [0.15, 0.2) is 71.8 Å². The number of amides is 1. The zero-order chi connectivity index (χ0) is 25.4. The van der Waals surface area contributed by atoms with Crippen LogP contribution in [0.2, 0.25) is 0 Å². The van der Waals surface area contributed by atoms with Crippen LogP contribution in [0.4, 0.5) is 20.4 Å². The summed E-state index contributed by atoms with van der Waals surface area (Å²) in [6.07, 6.45) is 1.43. The first kappa shape index (κ1) is 24.2. The van der Waals surface area contributed by atoms with Gasteiger partial charge in [0.15, 0.2) is 5.82 Å². The molecule has 4 rings (SSSR count). The summed E-state index contributed by atoms with van der Waals surface area (Å²) in [4.78, 5) is 20.5. The van der Waals surface area contributed by atoms with E-state index in [2.05, 4.69) is 20.0 Å². The Bertz CT molecular complexity index is 1540. The summed E-state index contributed by atoms with van der Waals surface area (Å²) in [7, 11) is -4.07. The fourth-order valence-corrected chi connectivity index (χ4v) is 4.32. The van der Waals surface area contributed by atoms with E-state index in [9.17, 15) is 17.6 Å². The number of hydrogen-bond donors (Lipinski definition) is 2. The van der Waals surface area contributed by atoms with Crippen LogP contribution in [0, 0.1) is 17.0 Å². The molecular weight excluding hydrogens is 474 g/mol. The van der Waals surface area contributed by atoms with Crippen molar-refractivity contribution in [1.82, 2.24) is 9.97 Å². The summed E-state index contributed by atoms with van der Waals surface area (Å²) >= 11 is 0. The number of carbonyl (C=O) groups is 1. The topological polar surface area (TPSA) is 101 Å². The molecule has 0 saturated carbocycles. The summed E-state index contributed by atoms with van der Waals surface area (Å²) in [6, 6.07) is 14.0. The van der Waals surface area contributed by atoms with Gasteiger partial charge in [0.25, 0.3) is 10.0 Å². The lowest BCUT2D eigenvalue weighted by atomic mass is 9.96. The highest BCUT2D eigenvalue weighted by Gasteiger charge is 2.23. The third-order valence-electron chi connectivity index (χ3n) is 5.16. The standard InChI is InChI=1S/C25H22F2N4O3S/c1-25(2,3)23(32)30-24-28-14-16-13-15(9-11-19(16)29-24)21-18(26)10-12-20(22(21)27)31-35(33,34)17-7-5-4-6-8-17/h4-14,31H,1-3H3,(H,28,29,30,32). The number of halogens is 2. The molecule has 0 fully saturated rings. The van der Waals surface area contributed by atoms with Crippen LogP contribution in [0.5, 0.6) is 0 Å². The second kappa shape index (κ2) is 9.03. The van der Waals surface area contributed by atoms with Gasteiger partial charge in [-0.05, 0) is 42.0 Å². The average molecular weight is 497 g/mol. The molecule has 0 radical (unpaired) electrons. The van der Waals surface area contributed by atoms with E-state index in [0.717, 1.165) is 12.1 Å². The molecule has 0 unspecified atom stereocenters. The number of aromatic nitrogens is 2. The maximum Gasteiger partial charge on any atom is 0.261 e. The van der Waals surface area contributed by atoms with Crippen molar-refractivity contribution in [2.75, 3.05) is 10.0 Å². The van der Waals surface area contributed by atoms with E-state index in [-0.39, 0.29) is 28.0 Å². The Kier molecular flexibility index (Phi) is 6.25. The van der Waals surface area contributed by atoms with Gasteiger partial charge in [-0.2, -0.15) is 0 Å². The smallest absolute Gasteiger partial charge is 0.261 e. The van der Waals surface area contributed by atoms with Crippen molar-refractivity contribution < 1.29 is 22.0 Å². The van der Waals surface area contributed by atoms with E-state index < -0.39 is 32.6 Å². The molecule has 0 aliphatic rings. The molecule has 10 heteroatoms. The molecule has 2 N–H and O–H groups in total. The second-order valence-electron chi connectivity index (χ2n) is 8.87. The number of sulfonamides is 1. The first-order valence-electron chi connectivity index (χ1n) is 10.6. The van der Waals surface area contributed by atoms with Gasteiger partial charge in [0, 0.05) is 17.0 Å². The second-order valence-corrected chi connectivity index (χ2v) is 10.6. The van der Waals surface area contributed by atoms with Crippen LogP contribution in [0.1, 0.15) is 20.8 Å². The zero-order valence-corrected chi connectivity index (χ0v) is 20.0. The monoisotopic (exact) mass is 496 g/mol. The lowest BCUT2D eigenvalue weighted by Gasteiger charge is -2.16. The van der Waals surface area contributed by atoms with E-state index >= 15 is 4.39 Å². The summed E-state index contributed by atoms with van der Waals surface area (Å²) in [5.41, 5.74) is -0.797. The van der Waals surface area contributed by atoms with Crippen molar-refractivity contribution in [2.24, 2.45) is 5.41 Å². The third-order valence-corrected chi connectivity index (χ3v) is 6.55. The quantitative estimate of drug-likeness (QED) is 0.387. The maximum atomic E-state index is 15.3. The first-order valence-corrected chi connectivity index (χ1v) is 12.1. The molecule has 0 aliphatic carbocycles. The molecular formula is C25H22F2N4O3S. The van der Waals surface area contributed by atoms with Gasteiger partial charge in [-0.15, -0.1) is 0 Å². The summed E-state index contributed by atoms with van der Waals surface area (Å²) < 4.78 is 57.4. The van der Waals surface area contributed by atoms with Crippen molar-refractivity contribution in [3.05, 3.63) is 78.5 Å². The van der Waals surface area contributed by atoms with Crippen molar-refractivity contribution >= 4 is 38.5 Å². The number of nitrogens with zero attached hydrogens (tertiary/aromatic N) is 2. The summed E-state index contributed by atoms with van der Waals surface area (Å²) in [6.45, 7) is 5.27. The number of fused-ring (bicyclic) bond motifs is 1. The molecule has 0 aliphatic heterocycles. The number of carbonyl (C=O) groups excluding carboxylic acids is 1. The molecule has 1 aromatic heterocycles. The fourth-order valence-electron chi connectivity index (χ4n) is 3.24. The summed E-state index contributed by atoms with van der Waals surface area (Å²) in [5.74, 6) is -2.06. The predicted molar refractivity (Wildman–Crippen MR) is 130 cm³/mol. The van der Waals surface area contributed by atoms with Crippen LogP contribution in [0.3, 0.4) is 0 Å². The Morgan fingerprint density at radius 3 is 2.37 bits per heavy atom. The van der Waals surface area contributed by atoms with Gasteiger partial charge in [0.1, 0.15) is 5.82 Å². The fraction of sp³-hybridized carbons (Fsp3) is 0.160. The van der Waals surface area contributed by atoms with Crippen LogP contribution >= 0.6 is 0 Å². The SMILES string of the molecule is CC(C)(C)C(=O)Nc1ncc2cc(-c3c(F)ccc(NS(=O)(=O)c4ccccc4)c3F)ccc2n1. The van der Waals surface area contributed by atoms with Crippen LogP contribution in [-0.4, -0.2) is 24.3 Å². The molecule has 1 amide bonds. The third kappa shape index (κ3) is 5.12. The van der Waals surface area contributed by atoms with E-state index in [1.165, 1.54) is 42.6 Å². The van der Waals surface area contributed by atoms with E-state index in [1.54, 1.807) is 32.9 Å². The van der Waals surface area contributed by atoms with E-state index in [4.69, 9.17) is 0 Å². The number of anilines is 2. The number of rotatable bonds is 5. The Balaban J connectivity index is 1.69. The van der Waals surface area contributed by atoms with E-state index in [0.29, 0.717) is 10.9 Å². The minimum atomic E-state index is -4.07. The van der Waals surface area contributed by atoms with Crippen molar-refractivity contribution in [1.29, 1.82) is 0 Å². The predicted octanol–water partition coefficient (Wildman–Crippen LogP) is 5.36. The molecule has 0 bridgehead atoms. The maximum absolute atomic E-state index is 15.3. The zero-order valence-electron chi connectivity index (χ0n) is 19.1. The molecule has 7 nitrogen and oxygen atoms in total. The number of hydrogen-bond acceptors (Lipinski definition) is 5. The normalized spacial score (nSPS) is 11.9. The Morgan fingerprint density at radius 1 is 0.971 bits per heavy atom. The molecule has 180 valence electrons. The van der Waals surface area contributed by atoms with Crippen molar-refractivity contribution in [3.8, 4) is 11.1 Å². The summed E-state index contributed by atoms with van der Waals surface area (Å²) in [5, 5.41) is 3.11. The first-order chi connectivity index (χ1) is 16.5. The molecule has 3 aromatic carbocycles. The van der Waals surface area contributed by atoms with Crippen molar-refractivity contribution in [3.63, 3.8) is 0 Å². The Morgan fingerprint density at radius 2 is 1.69 bits per heavy atom. The molecule has 0 saturated heterocycles. The lowest BCUT2D eigenvalue weighted by molar-refractivity contribution is -0.123. The average Bonchev–Trinajstić information content (AvgIpc) is 2.81. The minimum absolute atomic E-state index is 0.0533. The minimum Gasteiger partial charge on any atom is -0.294 e. The molecule has 1 heterocycles. The van der Waals surface area contributed by atoms with E-state index in [1.807, 2.05) is 0 Å². The Hall–Kier alpha value is -3.92. The van der Waals surface area contributed by atoms with Gasteiger partial charge in [0.2, 0.25) is 11.9 Å². The van der Waals surface area contributed by atoms with Gasteiger partial charge in [-0.1, -0.05) is 45.0 Å². The molecule has 4 aromatic rings. The highest BCUT2D eigenvalue weighted by atomic mass is 32.2. The Labute approximate surface area is 201 Å². The van der Waals surface area contributed by atoms with Crippen LogP contribution < -0.4 is 10.0 Å². The van der Waals surface area contributed by atoms with Gasteiger partial charge < -0.3 is 0 Å². The highest BCUT2D eigenvalue weighted by Crippen LogP contribution is 2.33. The lowest BCUT2D eigenvalue weighted by Crippen LogP contribution is -2.28. The van der Waals surface area contributed by atoms with Gasteiger partial charge >= 0.3 is 0 Å². The van der Waals surface area contributed by atoms with Gasteiger partial charge in [-0.25, -0.2) is 27.2 Å². The molecule has 35 heavy (non-hydrogen) atoms. The number of nitrogens with one attached hydrogen (secondary N) is 2. The van der Waals surface area contributed by atoms with Crippen LogP contribution in [0.25, 0.3) is 22.0 Å². The number of benzene rings is 3.